The van der Waals surface area contributed by atoms with Gasteiger partial charge in [0, 0.05) is 18.8 Å². The van der Waals surface area contributed by atoms with Crippen molar-refractivity contribution in [1.29, 1.82) is 0 Å². The monoisotopic (exact) mass is 419 g/mol. The van der Waals surface area contributed by atoms with Crippen LogP contribution in [0.15, 0.2) is 23.1 Å². The van der Waals surface area contributed by atoms with Gasteiger partial charge in [-0.3, -0.25) is 4.79 Å². The van der Waals surface area contributed by atoms with Crippen LogP contribution < -0.4 is 10.1 Å². The van der Waals surface area contributed by atoms with Gasteiger partial charge in [0.1, 0.15) is 16.3 Å². The maximum atomic E-state index is 13.2. The molecule has 7 nitrogen and oxygen atoms in total. The van der Waals surface area contributed by atoms with Crippen LogP contribution in [0.3, 0.4) is 0 Å². The number of aromatic amines is 1. The Kier molecular flexibility index (Phi) is 6.05. The zero-order valence-corrected chi connectivity index (χ0v) is 18.4. The molecule has 2 heterocycles. The number of piperidine rings is 1. The second-order valence-corrected chi connectivity index (χ2v) is 9.70. The third kappa shape index (κ3) is 4.18. The molecule has 1 amide bonds. The Balaban J connectivity index is 1.91. The minimum atomic E-state index is -3.65. The number of hydrogen-bond acceptors (Lipinski definition) is 4. The van der Waals surface area contributed by atoms with E-state index in [1.54, 1.807) is 19.9 Å². The molecule has 29 heavy (non-hydrogen) atoms. The molecule has 3 rings (SSSR count). The number of rotatable bonds is 5. The Morgan fingerprint density at radius 3 is 2.48 bits per heavy atom. The molecule has 8 heteroatoms. The van der Waals surface area contributed by atoms with Gasteiger partial charge in [0.05, 0.1) is 12.8 Å². The molecule has 2 aromatic rings. The molecule has 1 aromatic carbocycles. The number of aryl methyl sites for hydroxylation is 2. The summed E-state index contributed by atoms with van der Waals surface area (Å²) in [6.07, 6.45) is 1.70. The van der Waals surface area contributed by atoms with E-state index in [2.05, 4.69) is 17.2 Å². The first-order chi connectivity index (χ1) is 13.6. The molecule has 0 saturated carbocycles. The van der Waals surface area contributed by atoms with Gasteiger partial charge in [-0.15, -0.1) is 0 Å². The fraction of sp³-hybridized carbons (Fsp3) is 0.476. The molecule has 1 fully saturated rings. The maximum absolute atomic E-state index is 13.2. The van der Waals surface area contributed by atoms with Gasteiger partial charge in [-0.25, -0.2) is 8.42 Å². The summed E-state index contributed by atoms with van der Waals surface area (Å²) in [5, 5.41) is 2.83. The molecule has 1 aromatic heterocycles. The highest BCUT2D eigenvalue weighted by Gasteiger charge is 2.33. The van der Waals surface area contributed by atoms with Crippen LogP contribution in [0.4, 0.5) is 5.69 Å². The third-order valence-corrected chi connectivity index (χ3v) is 7.71. The van der Waals surface area contributed by atoms with Crippen LogP contribution in [0.1, 0.15) is 47.1 Å². The van der Waals surface area contributed by atoms with E-state index in [1.165, 1.54) is 11.4 Å². The Morgan fingerprint density at radius 1 is 1.21 bits per heavy atom. The average Bonchev–Trinajstić information content (AvgIpc) is 2.97. The number of sulfonamides is 1. The molecule has 0 spiro atoms. The summed E-state index contributed by atoms with van der Waals surface area (Å²) < 4.78 is 33.3. The number of aromatic nitrogens is 1. The second-order valence-electron chi connectivity index (χ2n) is 7.82. The minimum absolute atomic E-state index is 0.202. The second kappa shape index (κ2) is 8.20. The summed E-state index contributed by atoms with van der Waals surface area (Å²) in [6.45, 7) is 8.44. The highest BCUT2D eigenvalue weighted by Crippen LogP contribution is 2.31. The summed E-state index contributed by atoms with van der Waals surface area (Å²) in [7, 11) is -2.12. The van der Waals surface area contributed by atoms with Gasteiger partial charge in [0.15, 0.2) is 0 Å². The minimum Gasteiger partial charge on any atom is -0.495 e. The first-order valence-corrected chi connectivity index (χ1v) is 11.2. The Hall–Kier alpha value is -2.32. The van der Waals surface area contributed by atoms with Gasteiger partial charge in [-0.1, -0.05) is 13.0 Å². The van der Waals surface area contributed by atoms with Crippen molar-refractivity contribution in [3.05, 3.63) is 40.7 Å². The average molecular weight is 420 g/mol. The van der Waals surface area contributed by atoms with Crippen LogP contribution in [-0.2, 0) is 10.0 Å². The number of ether oxygens (including phenoxy) is 1. The first kappa shape index (κ1) is 21.4. The first-order valence-electron chi connectivity index (χ1n) is 9.80. The predicted molar refractivity (Wildman–Crippen MR) is 113 cm³/mol. The Labute approximate surface area is 172 Å². The van der Waals surface area contributed by atoms with E-state index in [0.717, 1.165) is 18.4 Å². The molecule has 0 radical (unpaired) electrons. The number of carbonyl (C=O) groups is 1. The van der Waals surface area contributed by atoms with Gasteiger partial charge in [0.25, 0.3) is 5.91 Å². The number of H-pyrrole nitrogens is 1. The Bertz CT molecular complexity index is 1020. The highest BCUT2D eigenvalue weighted by molar-refractivity contribution is 7.89. The SMILES string of the molecule is COc1ccc(C)cc1NC(=O)c1[nH]c(C)c(S(=O)(=O)N2CCC(C)CC2)c1C. The van der Waals surface area contributed by atoms with E-state index in [0.29, 0.717) is 41.7 Å². The molecule has 0 bridgehead atoms. The van der Waals surface area contributed by atoms with Crippen molar-refractivity contribution in [2.75, 3.05) is 25.5 Å². The van der Waals surface area contributed by atoms with Crippen LogP contribution in [0.2, 0.25) is 0 Å². The van der Waals surface area contributed by atoms with Crippen LogP contribution in [0.5, 0.6) is 5.75 Å². The normalized spacial score (nSPS) is 16.0. The molecule has 0 unspecified atom stereocenters. The van der Waals surface area contributed by atoms with Crippen molar-refractivity contribution in [3.63, 3.8) is 0 Å². The lowest BCUT2D eigenvalue weighted by Gasteiger charge is -2.29. The number of anilines is 1. The Morgan fingerprint density at radius 2 is 1.86 bits per heavy atom. The van der Waals surface area contributed by atoms with Gasteiger partial charge < -0.3 is 15.0 Å². The summed E-state index contributed by atoms with van der Waals surface area (Å²) in [4.78, 5) is 16.1. The number of nitrogens with one attached hydrogen (secondary N) is 2. The molecule has 1 aliphatic rings. The molecular weight excluding hydrogens is 390 g/mol. The van der Waals surface area contributed by atoms with Crippen molar-refractivity contribution in [3.8, 4) is 5.75 Å². The highest BCUT2D eigenvalue weighted by atomic mass is 32.2. The molecule has 2 N–H and O–H groups in total. The van der Waals surface area contributed by atoms with E-state index in [1.807, 2.05) is 19.1 Å². The molecule has 1 aliphatic heterocycles. The van der Waals surface area contributed by atoms with Crippen molar-refractivity contribution < 1.29 is 17.9 Å². The van der Waals surface area contributed by atoms with E-state index >= 15 is 0 Å². The quantitative estimate of drug-likeness (QED) is 0.774. The number of nitrogens with zero attached hydrogens (tertiary/aromatic N) is 1. The van der Waals surface area contributed by atoms with Crippen molar-refractivity contribution in [1.82, 2.24) is 9.29 Å². The standard InChI is InChI=1S/C21H29N3O4S/c1-13-8-10-24(11-9-13)29(26,27)20-15(3)19(22-16(20)4)21(25)23-17-12-14(2)6-7-18(17)28-5/h6-7,12-13,22H,8-11H2,1-5H3,(H,23,25). The van der Waals surface area contributed by atoms with Crippen molar-refractivity contribution in [2.45, 2.75) is 45.4 Å². The third-order valence-electron chi connectivity index (χ3n) is 5.54. The number of hydrogen-bond donors (Lipinski definition) is 2. The van der Waals surface area contributed by atoms with Gasteiger partial charge >= 0.3 is 0 Å². The van der Waals surface area contributed by atoms with Gasteiger partial charge in [-0.2, -0.15) is 4.31 Å². The van der Waals surface area contributed by atoms with E-state index in [-0.39, 0.29) is 10.6 Å². The predicted octanol–water partition coefficient (Wildman–Crippen LogP) is 3.62. The largest absolute Gasteiger partial charge is 0.495 e. The number of amides is 1. The number of benzene rings is 1. The van der Waals surface area contributed by atoms with E-state index in [9.17, 15) is 13.2 Å². The molecule has 0 aliphatic carbocycles. The molecular formula is C21H29N3O4S. The van der Waals surface area contributed by atoms with Gasteiger partial charge in [0.2, 0.25) is 10.0 Å². The zero-order chi connectivity index (χ0) is 21.3. The van der Waals surface area contributed by atoms with Crippen LogP contribution in [0.25, 0.3) is 0 Å². The molecule has 1 saturated heterocycles. The van der Waals surface area contributed by atoms with Crippen molar-refractivity contribution in [2.24, 2.45) is 5.92 Å². The van der Waals surface area contributed by atoms with Crippen LogP contribution in [0, 0.1) is 26.7 Å². The number of methoxy groups -OCH3 is 1. The number of carbonyl (C=O) groups excluding carboxylic acids is 1. The van der Waals surface area contributed by atoms with E-state index in [4.69, 9.17) is 4.74 Å². The smallest absolute Gasteiger partial charge is 0.272 e. The maximum Gasteiger partial charge on any atom is 0.272 e. The summed E-state index contributed by atoms with van der Waals surface area (Å²) in [5.41, 5.74) is 2.67. The van der Waals surface area contributed by atoms with Gasteiger partial charge in [-0.05, 0) is 62.8 Å². The molecule has 0 atom stereocenters. The lowest BCUT2D eigenvalue weighted by Crippen LogP contribution is -2.38. The summed E-state index contributed by atoms with van der Waals surface area (Å²) in [5.74, 6) is 0.670. The zero-order valence-electron chi connectivity index (χ0n) is 17.6. The van der Waals surface area contributed by atoms with E-state index < -0.39 is 15.9 Å². The lowest BCUT2D eigenvalue weighted by atomic mass is 10.0. The van der Waals surface area contributed by atoms with Crippen LogP contribution >= 0.6 is 0 Å². The fourth-order valence-electron chi connectivity index (χ4n) is 3.81. The lowest BCUT2D eigenvalue weighted by molar-refractivity contribution is 0.102. The topological polar surface area (TPSA) is 91.5 Å². The fourth-order valence-corrected chi connectivity index (χ4v) is 5.68. The summed E-state index contributed by atoms with van der Waals surface area (Å²) >= 11 is 0. The van der Waals surface area contributed by atoms with Crippen LogP contribution in [-0.4, -0.2) is 43.8 Å². The summed E-state index contributed by atoms with van der Waals surface area (Å²) in [6, 6.07) is 5.49. The molecule has 158 valence electrons. The van der Waals surface area contributed by atoms with Crippen molar-refractivity contribution >= 4 is 21.6 Å².